The predicted octanol–water partition coefficient (Wildman–Crippen LogP) is 5.10. The third kappa shape index (κ3) is 3.46. The van der Waals surface area contributed by atoms with Crippen molar-refractivity contribution in [1.82, 2.24) is 0 Å². The summed E-state index contributed by atoms with van der Waals surface area (Å²) in [5.74, 6) is 0.862. The van der Waals surface area contributed by atoms with Gasteiger partial charge in [0.25, 0.3) is 0 Å². The zero-order valence-electron chi connectivity index (χ0n) is 11.2. The number of aromatic hydroxyl groups is 1. The molecule has 2 rings (SSSR count). The maximum atomic E-state index is 10.0. The highest BCUT2D eigenvalue weighted by Gasteiger charge is 2.12. The average molecular weight is 401 g/mol. The predicted molar refractivity (Wildman–Crippen MR) is 88.5 cm³/mol. The van der Waals surface area contributed by atoms with E-state index >= 15 is 0 Å². The molecule has 0 heterocycles. The number of methoxy groups -OCH3 is 1. The van der Waals surface area contributed by atoms with Crippen LogP contribution in [0.15, 0.2) is 45.3 Å². The molecule has 1 unspecified atom stereocenters. The first-order chi connectivity index (χ1) is 9.51. The first kappa shape index (κ1) is 15.2. The van der Waals surface area contributed by atoms with Crippen LogP contribution in [0.25, 0.3) is 0 Å². The fourth-order valence-corrected chi connectivity index (χ4v) is 3.10. The third-order valence-electron chi connectivity index (χ3n) is 3.01. The molecule has 5 heteroatoms. The van der Waals surface area contributed by atoms with Gasteiger partial charge < -0.3 is 15.2 Å². The smallest absolute Gasteiger partial charge is 0.124 e. The number of rotatable bonds is 4. The highest BCUT2D eigenvalue weighted by Crippen LogP contribution is 2.33. The fourth-order valence-electron chi connectivity index (χ4n) is 1.93. The molecule has 0 aliphatic carbocycles. The summed E-state index contributed by atoms with van der Waals surface area (Å²) in [6.07, 6.45) is 0. The lowest BCUT2D eigenvalue weighted by atomic mass is 10.1. The van der Waals surface area contributed by atoms with Crippen LogP contribution in [0, 0.1) is 0 Å². The highest BCUT2D eigenvalue weighted by molar-refractivity contribution is 9.11. The van der Waals surface area contributed by atoms with E-state index in [-0.39, 0.29) is 11.8 Å². The summed E-state index contributed by atoms with van der Waals surface area (Å²) in [6.45, 7) is 2.00. The van der Waals surface area contributed by atoms with E-state index in [2.05, 4.69) is 37.2 Å². The van der Waals surface area contributed by atoms with Crippen LogP contribution in [0.4, 0.5) is 5.69 Å². The van der Waals surface area contributed by atoms with E-state index in [1.807, 2.05) is 37.3 Å². The number of benzene rings is 2. The van der Waals surface area contributed by atoms with Crippen molar-refractivity contribution in [2.45, 2.75) is 13.0 Å². The van der Waals surface area contributed by atoms with Crippen LogP contribution in [-0.2, 0) is 0 Å². The van der Waals surface area contributed by atoms with Gasteiger partial charge in [0.15, 0.2) is 0 Å². The maximum Gasteiger partial charge on any atom is 0.124 e. The number of ether oxygens (including phenoxy) is 1. The summed E-state index contributed by atoms with van der Waals surface area (Å²) >= 11 is 6.94. The van der Waals surface area contributed by atoms with Gasteiger partial charge in [-0.15, -0.1) is 0 Å². The zero-order valence-corrected chi connectivity index (χ0v) is 14.3. The molecule has 0 aliphatic rings. The van der Waals surface area contributed by atoms with Crippen LogP contribution in [0.3, 0.4) is 0 Å². The molecule has 0 aromatic heterocycles. The van der Waals surface area contributed by atoms with Gasteiger partial charge in [-0.25, -0.2) is 0 Å². The Balaban J connectivity index is 2.21. The Bertz CT molecular complexity index is 617. The number of halogens is 2. The van der Waals surface area contributed by atoms with Crippen molar-refractivity contribution in [3.8, 4) is 11.5 Å². The van der Waals surface area contributed by atoms with Gasteiger partial charge in [0.05, 0.1) is 13.2 Å². The van der Waals surface area contributed by atoms with E-state index in [0.29, 0.717) is 5.75 Å². The first-order valence-electron chi connectivity index (χ1n) is 6.09. The minimum atomic E-state index is -0.0293. The number of hydrogen-bond donors (Lipinski definition) is 2. The van der Waals surface area contributed by atoms with E-state index < -0.39 is 0 Å². The number of phenolic OH excluding ortho intramolecular Hbond substituents is 1. The summed E-state index contributed by atoms with van der Waals surface area (Å²) < 4.78 is 7.06. The Kier molecular flexibility index (Phi) is 4.94. The van der Waals surface area contributed by atoms with Gasteiger partial charge >= 0.3 is 0 Å². The van der Waals surface area contributed by atoms with E-state index in [4.69, 9.17) is 4.74 Å². The van der Waals surface area contributed by atoms with E-state index in [1.54, 1.807) is 13.2 Å². The van der Waals surface area contributed by atoms with E-state index in [1.165, 1.54) is 0 Å². The number of hydrogen-bond acceptors (Lipinski definition) is 3. The molecule has 2 aromatic rings. The quantitative estimate of drug-likeness (QED) is 0.750. The maximum absolute atomic E-state index is 10.0. The molecule has 106 valence electrons. The van der Waals surface area contributed by atoms with E-state index in [0.717, 1.165) is 20.2 Å². The number of nitrogens with one attached hydrogen (secondary N) is 1. The fraction of sp³-hybridized carbons (Fsp3) is 0.200. The van der Waals surface area contributed by atoms with Crippen LogP contribution < -0.4 is 10.1 Å². The Morgan fingerprint density at radius 3 is 2.50 bits per heavy atom. The third-order valence-corrected chi connectivity index (χ3v) is 4.16. The van der Waals surface area contributed by atoms with Gasteiger partial charge in [-0.1, -0.05) is 15.9 Å². The van der Waals surface area contributed by atoms with E-state index in [9.17, 15) is 5.11 Å². The molecular weight excluding hydrogens is 386 g/mol. The Morgan fingerprint density at radius 1 is 1.15 bits per heavy atom. The lowest BCUT2D eigenvalue weighted by molar-refractivity contribution is 0.406. The molecule has 0 amide bonds. The minimum Gasteiger partial charge on any atom is -0.507 e. The minimum absolute atomic E-state index is 0.0293. The summed E-state index contributed by atoms with van der Waals surface area (Å²) in [5.41, 5.74) is 1.79. The highest BCUT2D eigenvalue weighted by atomic mass is 79.9. The normalized spacial score (nSPS) is 12.0. The Labute approximate surface area is 135 Å². The van der Waals surface area contributed by atoms with Gasteiger partial charge in [0, 0.05) is 26.3 Å². The molecule has 0 saturated carbocycles. The van der Waals surface area contributed by atoms with Gasteiger partial charge in [-0.05, 0) is 53.2 Å². The standard InChI is InChI=1S/C15H15Br2NO2/c1-9(12-5-4-11(20-2)8-15(12)19)18-14-6-3-10(16)7-13(14)17/h3-9,18-19H,1-2H3. The molecule has 2 aromatic carbocycles. The average Bonchev–Trinajstić information content (AvgIpc) is 2.41. The molecule has 2 N–H and O–H groups in total. The van der Waals surface area contributed by atoms with Crippen LogP contribution in [-0.4, -0.2) is 12.2 Å². The first-order valence-corrected chi connectivity index (χ1v) is 7.68. The molecule has 0 radical (unpaired) electrons. The van der Waals surface area contributed by atoms with Crippen molar-refractivity contribution in [1.29, 1.82) is 0 Å². The second-order valence-corrected chi connectivity index (χ2v) is 6.18. The van der Waals surface area contributed by atoms with Crippen molar-refractivity contribution in [3.05, 3.63) is 50.9 Å². The topological polar surface area (TPSA) is 41.5 Å². The molecular formula is C15H15Br2NO2. The second-order valence-electron chi connectivity index (χ2n) is 4.41. The SMILES string of the molecule is COc1ccc(C(C)Nc2ccc(Br)cc2Br)c(O)c1. The second kappa shape index (κ2) is 6.50. The van der Waals surface area contributed by atoms with Gasteiger partial charge in [0.2, 0.25) is 0 Å². The summed E-state index contributed by atoms with van der Waals surface area (Å²) in [6, 6.07) is 11.2. The van der Waals surface area contributed by atoms with Gasteiger partial charge in [0.1, 0.15) is 11.5 Å². The summed E-state index contributed by atoms with van der Waals surface area (Å²) in [5, 5.41) is 13.4. The summed E-state index contributed by atoms with van der Waals surface area (Å²) in [4.78, 5) is 0. The Hall–Kier alpha value is -1.20. The van der Waals surface area contributed by atoms with Crippen molar-refractivity contribution < 1.29 is 9.84 Å². The molecule has 0 fully saturated rings. The molecule has 0 saturated heterocycles. The van der Waals surface area contributed by atoms with Crippen LogP contribution in [0.5, 0.6) is 11.5 Å². The molecule has 1 atom stereocenters. The molecule has 0 spiro atoms. The monoisotopic (exact) mass is 399 g/mol. The van der Waals surface area contributed by atoms with Crippen LogP contribution in [0.1, 0.15) is 18.5 Å². The lowest BCUT2D eigenvalue weighted by Gasteiger charge is -2.18. The summed E-state index contributed by atoms with van der Waals surface area (Å²) in [7, 11) is 1.58. The van der Waals surface area contributed by atoms with Crippen molar-refractivity contribution in [2.75, 3.05) is 12.4 Å². The van der Waals surface area contributed by atoms with Crippen LogP contribution in [0.2, 0.25) is 0 Å². The number of phenols is 1. The van der Waals surface area contributed by atoms with Gasteiger partial charge in [-0.3, -0.25) is 0 Å². The molecule has 3 nitrogen and oxygen atoms in total. The Morgan fingerprint density at radius 2 is 1.90 bits per heavy atom. The van der Waals surface area contributed by atoms with Crippen LogP contribution >= 0.6 is 31.9 Å². The zero-order chi connectivity index (χ0) is 14.7. The molecule has 0 bridgehead atoms. The molecule has 0 aliphatic heterocycles. The van der Waals surface area contributed by atoms with Crippen molar-refractivity contribution >= 4 is 37.5 Å². The molecule has 20 heavy (non-hydrogen) atoms. The largest absolute Gasteiger partial charge is 0.507 e. The van der Waals surface area contributed by atoms with Crippen molar-refractivity contribution in [2.24, 2.45) is 0 Å². The van der Waals surface area contributed by atoms with Gasteiger partial charge in [-0.2, -0.15) is 0 Å². The van der Waals surface area contributed by atoms with Crippen molar-refractivity contribution in [3.63, 3.8) is 0 Å². The number of anilines is 1. The lowest BCUT2D eigenvalue weighted by Crippen LogP contribution is -2.07.